The molecule has 1 saturated heterocycles. The SMILES string of the molecule is NC(=O)C1CCCN(C(=O)c2cccc(-c3ncnc(Nc4ccc(OC(F)(F)F)cc4)n3)c2)C1. The first-order chi connectivity index (χ1) is 16.7. The van der Waals surface area contributed by atoms with Crippen LogP contribution >= 0.6 is 0 Å². The van der Waals surface area contributed by atoms with Gasteiger partial charge in [0.05, 0.1) is 5.92 Å². The summed E-state index contributed by atoms with van der Waals surface area (Å²) in [5.74, 6) is -0.881. The molecule has 1 aliphatic rings. The molecule has 1 aromatic heterocycles. The number of likely N-dealkylation sites (tertiary alicyclic amines) is 1. The zero-order valence-electron chi connectivity index (χ0n) is 18.3. The number of nitrogens with zero attached hydrogens (tertiary/aromatic N) is 4. The van der Waals surface area contributed by atoms with E-state index in [0.29, 0.717) is 42.0 Å². The highest BCUT2D eigenvalue weighted by molar-refractivity contribution is 5.95. The molecule has 1 fully saturated rings. The van der Waals surface area contributed by atoms with Gasteiger partial charge in [-0.05, 0) is 49.2 Å². The first kappa shape index (κ1) is 23.9. The Morgan fingerprint density at radius 1 is 1.11 bits per heavy atom. The van der Waals surface area contributed by atoms with Crippen molar-refractivity contribution in [3.05, 3.63) is 60.4 Å². The van der Waals surface area contributed by atoms with Crippen molar-refractivity contribution in [3.8, 4) is 17.1 Å². The summed E-state index contributed by atoms with van der Waals surface area (Å²) in [6, 6.07) is 11.9. The van der Waals surface area contributed by atoms with Crippen molar-refractivity contribution in [1.82, 2.24) is 19.9 Å². The predicted molar refractivity (Wildman–Crippen MR) is 119 cm³/mol. The summed E-state index contributed by atoms with van der Waals surface area (Å²) in [5, 5.41) is 2.89. The Balaban J connectivity index is 1.48. The van der Waals surface area contributed by atoms with E-state index in [1.165, 1.54) is 18.5 Å². The Morgan fingerprint density at radius 2 is 1.89 bits per heavy atom. The Morgan fingerprint density at radius 3 is 2.60 bits per heavy atom. The van der Waals surface area contributed by atoms with Crippen LogP contribution in [0.3, 0.4) is 0 Å². The van der Waals surface area contributed by atoms with Crippen LogP contribution in [0.2, 0.25) is 0 Å². The zero-order valence-corrected chi connectivity index (χ0v) is 18.3. The van der Waals surface area contributed by atoms with Crippen LogP contribution in [0.5, 0.6) is 5.75 Å². The Kier molecular flexibility index (Phi) is 6.80. The summed E-state index contributed by atoms with van der Waals surface area (Å²) in [6.07, 6.45) is -2.13. The van der Waals surface area contributed by atoms with Crippen LogP contribution in [0.4, 0.5) is 24.8 Å². The van der Waals surface area contributed by atoms with E-state index in [4.69, 9.17) is 5.73 Å². The van der Waals surface area contributed by atoms with Gasteiger partial charge in [0.2, 0.25) is 11.9 Å². The first-order valence-electron chi connectivity index (χ1n) is 10.7. The number of rotatable bonds is 6. The number of aromatic nitrogens is 3. The molecule has 9 nitrogen and oxygen atoms in total. The van der Waals surface area contributed by atoms with Gasteiger partial charge in [0.25, 0.3) is 5.91 Å². The van der Waals surface area contributed by atoms with E-state index in [9.17, 15) is 22.8 Å². The molecule has 2 aromatic carbocycles. The van der Waals surface area contributed by atoms with Crippen LogP contribution in [0.25, 0.3) is 11.4 Å². The molecule has 3 N–H and O–H groups in total. The monoisotopic (exact) mass is 486 g/mol. The molecule has 0 radical (unpaired) electrons. The highest BCUT2D eigenvalue weighted by Gasteiger charge is 2.31. The number of primary amides is 1. The molecule has 0 saturated carbocycles. The van der Waals surface area contributed by atoms with E-state index in [0.717, 1.165) is 12.1 Å². The van der Waals surface area contributed by atoms with Gasteiger partial charge in [-0.1, -0.05) is 12.1 Å². The lowest BCUT2D eigenvalue weighted by Gasteiger charge is -2.31. The molecule has 12 heteroatoms. The number of alkyl halides is 3. The first-order valence-corrected chi connectivity index (χ1v) is 10.7. The van der Waals surface area contributed by atoms with Gasteiger partial charge in [-0.3, -0.25) is 9.59 Å². The Labute approximate surface area is 198 Å². The van der Waals surface area contributed by atoms with Crippen molar-refractivity contribution in [3.63, 3.8) is 0 Å². The van der Waals surface area contributed by atoms with Crippen LogP contribution in [0, 0.1) is 5.92 Å². The number of piperidine rings is 1. The van der Waals surface area contributed by atoms with E-state index >= 15 is 0 Å². The van der Waals surface area contributed by atoms with Gasteiger partial charge in [-0.2, -0.15) is 4.98 Å². The molecule has 2 heterocycles. The summed E-state index contributed by atoms with van der Waals surface area (Å²) in [6.45, 7) is 0.824. The molecule has 0 bridgehead atoms. The van der Waals surface area contributed by atoms with E-state index in [-0.39, 0.29) is 30.1 Å². The summed E-state index contributed by atoms with van der Waals surface area (Å²) in [4.78, 5) is 38.7. The van der Waals surface area contributed by atoms with Crippen molar-refractivity contribution in [2.45, 2.75) is 19.2 Å². The maximum atomic E-state index is 13.0. The third-order valence-electron chi connectivity index (χ3n) is 5.39. The molecule has 1 unspecified atom stereocenters. The lowest BCUT2D eigenvalue weighted by Crippen LogP contribution is -2.44. The van der Waals surface area contributed by atoms with Crippen LogP contribution < -0.4 is 15.8 Å². The molecule has 2 amide bonds. The standard InChI is InChI=1S/C23H21F3N6O3/c24-23(25,26)35-18-8-6-17(7-9-18)30-22-29-13-28-20(31-22)14-3-1-4-15(11-14)21(34)32-10-2-5-16(12-32)19(27)33/h1,3-4,6-9,11,13,16H,2,5,10,12H2,(H2,27,33)(H,28,29,30,31). The quantitative estimate of drug-likeness (QED) is 0.546. The number of benzene rings is 2. The average molecular weight is 486 g/mol. The second-order valence-corrected chi connectivity index (χ2v) is 7.90. The lowest BCUT2D eigenvalue weighted by molar-refractivity contribution is -0.274. The molecule has 35 heavy (non-hydrogen) atoms. The normalized spacial score (nSPS) is 16.0. The van der Waals surface area contributed by atoms with Gasteiger partial charge >= 0.3 is 6.36 Å². The molecule has 1 atom stereocenters. The van der Waals surface area contributed by atoms with Crippen LogP contribution in [-0.2, 0) is 4.79 Å². The third-order valence-corrected chi connectivity index (χ3v) is 5.39. The second-order valence-electron chi connectivity index (χ2n) is 7.90. The number of ether oxygens (including phenoxy) is 1. The van der Waals surface area contributed by atoms with Gasteiger partial charge < -0.3 is 20.7 Å². The number of anilines is 2. The number of carbonyl (C=O) groups excluding carboxylic acids is 2. The predicted octanol–water partition coefficient (Wildman–Crippen LogP) is 3.52. The number of nitrogens with one attached hydrogen (secondary N) is 1. The van der Waals surface area contributed by atoms with Crippen molar-refractivity contribution in [2.75, 3.05) is 18.4 Å². The van der Waals surface area contributed by atoms with Crippen molar-refractivity contribution in [1.29, 1.82) is 0 Å². The fourth-order valence-electron chi connectivity index (χ4n) is 3.73. The summed E-state index contributed by atoms with van der Waals surface area (Å²) < 4.78 is 40.8. The fourth-order valence-corrected chi connectivity index (χ4v) is 3.73. The van der Waals surface area contributed by atoms with Crippen molar-refractivity contribution >= 4 is 23.5 Å². The third kappa shape index (κ3) is 6.22. The number of amides is 2. The van der Waals surface area contributed by atoms with Gasteiger partial charge in [0.1, 0.15) is 12.1 Å². The minimum absolute atomic E-state index is 0.163. The number of hydrogen-bond acceptors (Lipinski definition) is 7. The van der Waals surface area contributed by atoms with Crippen molar-refractivity contribution in [2.24, 2.45) is 11.7 Å². The Bertz CT molecular complexity index is 1220. The van der Waals surface area contributed by atoms with E-state index in [1.54, 1.807) is 29.2 Å². The lowest BCUT2D eigenvalue weighted by atomic mass is 9.96. The molecule has 3 aromatic rings. The highest BCUT2D eigenvalue weighted by Crippen LogP contribution is 2.25. The Hall–Kier alpha value is -4.22. The number of hydrogen-bond donors (Lipinski definition) is 2. The summed E-state index contributed by atoms with van der Waals surface area (Å²) in [5.41, 5.74) is 6.84. The van der Waals surface area contributed by atoms with Gasteiger partial charge in [-0.25, -0.2) is 9.97 Å². The molecule has 182 valence electrons. The molecule has 0 aliphatic carbocycles. The van der Waals surface area contributed by atoms with Crippen LogP contribution in [0.1, 0.15) is 23.2 Å². The maximum absolute atomic E-state index is 13.0. The minimum Gasteiger partial charge on any atom is -0.406 e. The van der Waals surface area contributed by atoms with E-state index in [2.05, 4.69) is 25.0 Å². The minimum atomic E-state index is -4.77. The van der Waals surface area contributed by atoms with Crippen molar-refractivity contribution < 1.29 is 27.5 Å². The molecule has 4 rings (SSSR count). The fraction of sp³-hybridized carbons (Fsp3) is 0.261. The van der Waals surface area contributed by atoms with Gasteiger partial charge in [-0.15, -0.1) is 13.2 Å². The van der Waals surface area contributed by atoms with Crippen LogP contribution in [0.15, 0.2) is 54.9 Å². The highest BCUT2D eigenvalue weighted by atomic mass is 19.4. The molecule has 0 spiro atoms. The number of nitrogens with two attached hydrogens (primary N) is 1. The number of carbonyl (C=O) groups is 2. The van der Waals surface area contributed by atoms with Gasteiger partial charge in [0, 0.05) is 29.9 Å². The summed E-state index contributed by atoms with van der Waals surface area (Å²) >= 11 is 0. The zero-order chi connectivity index (χ0) is 25.0. The number of halogens is 3. The average Bonchev–Trinajstić information content (AvgIpc) is 2.84. The molecular weight excluding hydrogens is 465 g/mol. The smallest absolute Gasteiger partial charge is 0.406 e. The maximum Gasteiger partial charge on any atom is 0.573 e. The molecule has 1 aliphatic heterocycles. The largest absolute Gasteiger partial charge is 0.573 e. The van der Waals surface area contributed by atoms with Gasteiger partial charge in [0.15, 0.2) is 5.82 Å². The van der Waals surface area contributed by atoms with Crippen LogP contribution in [-0.4, -0.2) is 51.1 Å². The van der Waals surface area contributed by atoms with E-state index in [1.807, 2.05) is 0 Å². The topological polar surface area (TPSA) is 123 Å². The van der Waals surface area contributed by atoms with E-state index < -0.39 is 12.3 Å². The summed E-state index contributed by atoms with van der Waals surface area (Å²) in [7, 11) is 0. The molecular formula is C23H21F3N6O3. The second kappa shape index (κ2) is 9.95.